The molecule has 0 amide bonds. The second-order valence-corrected chi connectivity index (χ2v) is 15.7. The van der Waals surface area contributed by atoms with Crippen molar-refractivity contribution in [3.8, 4) is 33.4 Å². The van der Waals surface area contributed by atoms with Gasteiger partial charge in [-0.3, -0.25) is 0 Å². The molecule has 1 heterocycles. The van der Waals surface area contributed by atoms with Crippen LogP contribution in [0, 0.1) is 0 Å². The summed E-state index contributed by atoms with van der Waals surface area (Å²) in [4.78, 5) is 2.40. The van der Waals surface area contributed by atoms with E-state index in [9.17, 15) is 0 Å². The lowest BCUT2D eigenvalue weighted by Gasteiger charge is -2.35. The average molecular weight is 751 g/mol. The third kappa shape index (κ3) is 5.00. The first-order valence-corrected chi connectivity index (χ1v) is 20.4. The molecule has 2 heteroatoms. The Kier molecular flexibility index (Phi) is 7.48. The van der Waals surface area contributed by atoms with Crippen molar-refractivity contribution in [2.45, 2.75) is 5.41 Å². The van der Waals surface area contributed by atoms with E-state index in [0.29, 0.717) is 0 Å². The number of para-hydroxylation sites is 1. The van der Waals surface area contributed by atoms with E-state index < -0.39 is 5.41 Å². The van der Waals surface area contributed by atoms with Crippen LogP contribution in [0.1, 0.15) is 22.3 Å². The Labute approximate surface area is 344 Å². The zero-order valence-electron chi connectivity index (χ0n) is 32.3. The quantitative estimate of drug-likeness (QED) is 0.182. The lowest BCUT2D eigenvalue weighted by molar-refractivity contribution is 0.768. The van der Waals surface area contributed by atoms with Crippen LogP contribution in [0.5, 0.6) is 0 Å². The van der Waals surface area contributed by atoms with Gasteiger partial charge in [0.1, 0.15) is 0 Å². The van der Waals surface area contributed by atoms with Gasteiger partial charge in [0.2, 0.25) is 0 Å². The van der Waals surface area contributed by atoms with Crippen LogP contribution < -0.4 is 10.2 Å². The predicted molar refractivity (Wildman–Crippen MR) is 248 cm³/mol. The maximum absolute atomic E-state index is 3.78. The summed E-state index contributed by atoms with van der Waals surface area (Å²) >= 11 is 0. The zero-order chi connectivity index (χ0) is 38.9. The normalized spacial score (nSPS) is 13.0. The van der Waals surface area contributed by atoms with Crippen LogP contribution in [0.25, 0.3) is 54.9 Å². The van der Waals surface area contributed by atoms with Crippen molar-refractivity contribution in [3.63, 3.8) is 0 Å². The molecule has 0 unspecified atom stereocenters. The van der Waals surface area contributed by atoms with E-state index in [1.807, 2.05) is 0 Å². The van der Waals surface area contributed by atoms with Gasteiger partial charge in [0, 0.05) is 39.4 Å². The standard InChI is InChI=1S/C57H38N2/c1-4-16-40(17-5-1)57(41-18-6-2-7-19-41)51-26-13-12-23-47(51)48-33-32-44(37-52(48)57)59(42-20-8-3-9-21-42)43-30-27-39(28-31-43)45-34-36-54-56-49(45)24-14-25-50(56)55-46-22-11-10-15-38(46)29-35-53(55)58-54/h1-37,58H. The molecule has 0 fully saturated rings. The van der Waals surface area contributed by atoms with Crippen molar-refractivity contribution in [1.29, 1.82) is 0 Å². The molecule has 0 radical (unpaired) electrons. The molecule has 1 N–H and O–H groups in total. The molecule has 2 aliphatic rings. The topological polar surface area (TPSA) is 15.3 Å². The molecule has 10 aromatic carbocycles. The van der Waals surface area contributed by atoms with Gasteiger partial charge >= 0.3 is 0 Å². The zero-order valence-corrected chi connectivity index (χ0v) is 32.3. The Balaban J connectivity index is 1.01. The van der Waals surface area contributed by atoms with Crippen molar-refractivity contribution in [1.82, 2.24) is 0 Å². The van der Waals surface area contributed by atoms with Gasteiger partial charge in [-0.15, -0.1) is 0 Å². The molecule has 0 atom stereocenters. The van der Waals surface area contributed by atoms with E-state index in [1.54, 1.807) is 0 Å². The fraction of sp³-hybridized carbons (Fsp3) is 0.0175. The molecule has 0 bridgehead atoms. The van der Waals surface area contributed by atoms with Gasteiger partial charge in [0.25, 0.3) is 0 Å². The van der Waals surface area contributed by atoms with Crippen molar-refractivity contribution in [2.24, 2.45) is 0 Å². The number of hydrogen-bond acceptors (Lipinski definition) is 2. The van der Waals surface area contributed by atoms with Crippen LogP contribution in [0.3, 0.4) is 0 Å². The minimum Gasteiger partial charge on any atom is -0.354 e. The summed E-state index contributed by atoms with van der Waals surface area (Å²) in [5.74, 6) is 0. The van der Waals surface area contributed by atoms with Gasteiger partial charge < -0.3 is 10.2 Å². The predicted octanol–water partition coefficient (Wildman–Crippen LogP) is 15.2. The number of nitrogens with one attached hydrogen (secondary N) is 1. The number of anilines is 5. The van der Waals surface area contributed by atoms with Crippen molar-refractivity contribution in [2.75, 3.05) is 10.2 Å². The van der Waals surface area contributed by atoms with Gasteiger partial charge in [-0.05, 0) is 115 Å². The molecule has 12 rings (SSSR count). The fourth-order valence-electron chi connectivity index (χ4n) is 10.2. The van der Waals surface area contributed by atoms with Crippen molar-refractivity contribution < 1.29 is 0 Å². The summed E-state index contributed by atoms with van der Waals surface area (Å²) in [5.41, 5.74) is 17.8. The van der Waals surface area contributed by atoms with Crippen LogP contribution in [0.4, 0.5) is 28.4 Å². The van der Waals surface area contributed by atoms with E-state index in [-0.39, 0.29) is 0 Å². The lowest BCUT2D eigenvalue weighted by atomic mass is 9.67. The van der Waals surface area contributed by atoms with Gasteiger partial charge in [0.15, 0.2) is 0 Å². The highest BCUT2D eigenvalue weighted by molar-refractivity contribution is 6.19. The number of hydrogen-bond donors (Lipinski definition) is 1. The minimum atomic E-state index is -0.479. The van der Waals surface area contributed by atoms with E-state index >= 15 is 0 Å². The highest BCUT2D eigenvalue weighted by Gasteiger charge is 2.46. The third-order valence-corrected chi connectivity index (χ3v) is 12.7. The molecule has 2 nitrogen and oxygen atoms in total. The maximum Gasteiger partial charge on any atom is 0.0714 e. The Morgan fingerprint density at radius 3 is 1.71 bits per heavy atom. The Hall–Kier alpha value is -7.68. The summed E-state index contributed by atoms with van der Waals surface area (Å²) in [7, 11) is 0. The molecule has 59 heavy (non-hydrogen) atoms. The molecular weight excluding hydrogens is 713 g/mol. The molecule has 0 aromatic heterocycles. The SMILES string of the molecule is c1ccc(N(c2ccc(-c3ccc4c5c(cccc35)-c3c(ccc5ccccc35)N4)cc2)c2ccc3c(c2)C(c2ccccc2)(c2ccccc2)c2ccccc2-3)cc1. The second kappa shape index (κ2) is 13.2. The fourth-order valence-corrected chi connectivity index (χ4v) is 10.2. The number of benzene rings is 10. The van der Waals surface area contributed by atoms with Crippen molar-refractivity contribution >= 4 is 50.0 Å². The molecule has 10 aromatic rings. The Morgan fingerprint density at radius 2 is 0.932 bits per heavy atom. The first kappa shape index (κ1) is 33.5. The van der Waals surface area contributed by atoms with E-state index in [1.165, 1.54) is 77.2 Å². The largest absolute Gasteiger partial charge is 0.354 e. The number of rotatable bonds is 6. The highest BCUT2D eigenvalue weighted by atomic mass is 15.1. The second-order valence-electron chi connectivity index (χ2n) is 15.7. The summed E-state index contributed by atoms with van der Waals surface area (Å²) in [5, 5.41) is 8.81. The maximum atomic E-state index is 3.78. The first-order valence-electron chi connectivity index (χ1n) is 20.4. The van der Waals surface area contributed by atoms with E-state index in [0.717, 1.165) is 28.4 Å². The number of fused-ring (bicyclic) bond motifs is 7. The van der Waals surface area contributed by atoms with Gasteiger partial charge in [-0.25, -0.2) is 0 Å². The van der Waals surface area contributed by atoms with E-state index in [2.05, 4.69) is 235 Å². The molecule has 1 aliphatic carbocycles. The Bertz CT molecular complexity index is 3180. The van der Waals surface area contributed by atoms with Gasteiger partial charge in [0.05, 0.1) is 5.41 Å². The molecular formula is C57H38N2. The van der Waals surface area contributed by atoms with Crippen LogP contribution >= 0.6 is 0 Å². The van der Waals surface area contributed by atoms with Gasteiger partial charge in [-0.1, -0.05) is 176 Å². The van der Waals surface area contributed by atoms with Crippen LogP contribution in [0.2, 0.25) is 0 Å². The van der Waals surface area contributed by atoms with Crippen LogP contribution in [-0.2, 0) is 5.41 Å². The summed E-state index contributed by atoms with van der Waals surface area (Å²) in [6.07, 6.45) is 0. The summed E-state index contributed by atoms with van der Waals surface area (Å²) in [6, 6.07) is 82.4. The molecule has 276 valence electrons. The van der Waals surface area contributed by atoms with Gasteiger partial charge in [-0.2, -0.15) is 0 Å². The molecule has 1 aliphatic heterocycles. The highest BCUT2D eigenvalue weighted by Crippen LogP contribution is 2.57. The lowest BCUT2D eigenvalue weighted by Crippen LogP contribution is -2.28. The molecule has 0 saturated heterocycles. The number of nitrogens with zero attached hydrogens (tertiary/aromatic N) is 1. The van der Waals surface area contributed by atoms with E-state index in [4.69, 9.17) is 0 Å². The smallest absolute Gasteiger partial charge is 0.0714 e. The van der Waals surface area contributed by atoms with Crippen LogP contribution in [0.15, 0.2) is 224 Å². The van der Waals surface area contributed by atoms with Crippen molar-refractivity contribution in [3.05, 3.63) is 247 Å². The van der Waals surface area contributed by atoms with Crippen LogP contribution in [-0.4, -0.2) is 0 Å². The average Bonchev–Trinajstić information content (AvgIpc) is 3.61. The first-order chi connectivity index (χ1) is 29.3. The minimum absolute atomic E-state index is 0.479. The molecule has 0 saturated carbocycles. The monoisotopic (exact) mass is 750 g/mol. The Morgan fingerprint density at radius 1 is 0.356 bits per heavy atom. The third-order valence-electron chi connectivity index (χ3n) is 12.7. The summed E-state index contributed by atoms with van der Waals surface area (Å²) in [6.45, 7) is 0. The summed E-state index contributed by atoms with van der Waals surface area (Å²) < 4.78 is 0. The molecule has 0 spiro atoms.